The van der Waals surface area contributed by atoms with Gasteiger partial charge in [0, 0.05) is 0 Å². The normalized spacial score (nSPS) is 6.50. The van der Waals surface area contributed by atoms with Crippen LogP contribution in [0.4, 0.5) is 0 Å². The van der Waals surface area contributed by atoms with Gasteiger partial charge < -0.3 is 5.11 Å². The summed E-state index contributed by atoms with van der Waals surface area (Å²) in [4.78, 5) is 8.36. The Morgan fingerprint density at radius 1 is 1.80 bits per heavy atom. The van der Waals surface area contributed by atoms with Crippen molar-refractivity contribution < 1.29 is 39.5 Å². The van der Waals surface area contributed by atoms with Crippen molar-refractivity contribution in [3.05, 3.63) is 21.8 Å². The van der Waals surface area contributed by atoms with E-state index in [-0.39, 0.29) is 36.0 Å². The van der Waals surface area contributed by atoms with Crippen molar-refractivity contribution in [3.8, 4) is 0 Å². The molecule has 0 unspecified atom stereocenters. The number of carbonyl (C=O) groups is 1. The third kappa shape index (κ3) is 8.46. The summed E-state index contributed by atoms with van der Waals surface area (Å²) in [6, 6.07) is 3.61. The van der Waals surface area contributed by atoms with Crippen molar-refractivity contribution in [2.75, 3.05) is 0 Å². The smallest absolute Gasteiger partial charge is 0.483 e. The second-order valence-electron chi connectivity index (χ2n) is 0.963. The van der Waals surface area contributed by atoms with E-state index in [1.54, 1.807) is 6.07 Å². The zero-order valence-corrected chi connectivity index (χ0v) is 8.95. The fraction of sp³-hybridized carbons (Fsp3) is 0. The summed E-state index contributed by atoms with van der Waals surface area (Å²) in [5, 5.41) is 9.73. The Morgan fingerprint density at radius 3 is 2.40 bits per heavy atom. The van der Waals surface area contributed by atoms with E-state index in [2.05, 4.69) is 5.38 Å². The number of hydrogen-bond donors (Lipinski definition) is 1. The molecule has 0 bridgehead atoms. The third-order valence-electron chi connectivity index (χ3n) is 0.439. The first kappa shape index (κ1) is 13.1. The van der Waals surface area contributed by atoms with Crippen LogP contribution in [-0.2, 0) is 4.79 Å². The minimum absolute atomic E-state index is 0. The van der Waals surface area contributed by atoms with Crippen LogP contribution in [0.3, 0.4) is 0 Å². The summed E-state index contributed by atoms with van der Waals surface area (Å²) in [7, 11) is 0. The minimum atomic E-state index is -0.250. The maximum Gasteiger partial charge on any atom is 1.00 e. The van der Waals surface area contributed by atoms with E-state index in [4.69, 9.17) is 21.5 Å². The fourth-order valence-corrected chi connectivity index (χ4v) is 0.805. The van der Waals surface area contributed by atoms with Gasteiger partial charge in [-0.1, -0.05) is 4.34 Å². The van der Waals surface area contributed by atoms with Crippen LogP contribution in [-0.4, -0.2) is 11.6 Å². The Kier molecular flexibility index (Phi) is 12.4. The van der Waals surface area contributed by atoms with Crippen molar-refractivity contribution in [2.45, 2.75) is 0 Å². The van der Waals surface area contributed by atoms with Crippen LogP contribution >= 0.6 is 22.9 Å². The summed E-state index contributed by atoms with van der Waals surface area (Å²) >= 11 is 6.86. The first-order chi connectivity index (χ1) is 4.31. The molecule has 0 aliphatic carbocycles. The van der Waals surface area contributed by atoms with Crippen molar-refractivity contribution in [2.24, 2.45) is 0 Å². The molecular formula is C5H4ClNaO2S. The zero-order chi connectivity index (χ0) is 7.11. The average Bonchev–Trinajstić information content (AvgIpc) is 2.20. The molecule has 0 aliphatic rings. The predicted molar refractivity (Wildman–Crippen MR) is 36.9 cm³/mol. The van der Waals surface area contributed by atoms with Gasteiger partial charge in [0.05, 0.1) is 0 Å². The molecular weight excluding hydrogens is 183 g/mol. The topological polar surface area (TPSA) is 37.3 Å². The molecule has 0 saturated heterocycles. The predicted octanol–water partition coefficient (Wildman–Crippen LogP) is -1.09. The van der Waals surface area contributed by atoms with E-state index in [1.165, 1.54) is 11.3 Å². The van der Waals surface area contributed by atoms with E-state index in [9.17, 15) is 0 Å². The number of rotatable bonds is 0. The number of thiophene rings is 1. The van der Waals surface area contributed by atoms with Gasteiger partial charge in [-0.25, -0.2) is 0 Å². The summed E-state index contributed by atoms with van der Waals surface area (Å²) in [6.45, 7) is -0.250. The number of halogens is 1. The molecule has 5 heteroatoms. The van der Waals surface area contributed by atoms with E-state index in [1.807, 2.05) is 6.07 Å². The van der Waals surface area contributed by atoms with Crippen molar-refractivity contribution >= 4 is 29.4 Å². The molecule has 1 aromatic rings. The van der Waals surface area contributed by atoms with E-state index >= 15 is 0 Å². The van der Waals surface area contributed by atoms with E-state index in [0.29, 0.717) is 0 Å². The van der Waals surface area contributed by atoms with Gasteiger partial charge in [0.15, 0.2) is 0 Å². The van der Waals surface area contributed by atoms with Crippen LogP contribution in [0.5, 0.6) is 0 Å². The quantitative estimate of drug-likeness (QED) is 0.318. The standard InChI is InChI=1S/C4H2ClS.CH2O2.Na/c5-4-2-1-3-6-4;2-1-3;/h1-2H;1H,(H,2,3);/q-1;;+1. The molecule has 0 amide bonds. The minimum Gasteiger partial charge on any atom is -0.483 e. The van der Waals surface area contributed by atoms with Gasteiger partial charge in [-0.2, -0.15) is 23.7 Å². The van der Waals surface area contributed by atoms with Crippen LogP contribution in [0.15, 0.2) is 12.1 Å². The fourth-order valence-electron chi connectivity index (χ4n) is 0.224. The van der Waals surface area contributed by atoms with Gasteiger partial charge in [-0.3, -0.25) is 16.1 Å². The third-order valence-corrected chi connectivity index (χ3v) is 1.38. The molecule has 10 heavy (non-hydrogen) atoms. The number of hydrogen-bond acceptors (Lipinski definition) is 2. The van der Waals surface area contributed by atoms with Gasteiger partial charge in [0.25, 0.3) is 6.47 Å². The summed E-state index contributed by atoms with van der Waals surface area (Å²) in [5.41, 5.74) is 0. The molecule has 0 aliphatic heterocycles. The molecule has 1 N–H and O–H groups in total. The second-order valence-corrected chi connectivity index (χ2v) is 2.47. The monoisotopic (exact) mass is 186 g/mol. The van der Waals surface area contributed by atoms with Gasteiger partial charge in [0.1, 0.15) is 0 Å². The Morgan fingerprint density at radius 2 is 2.30 bits per heavy atom. The Bertz CT molecular complexity index is 155. The largest absolute Gasteiger partial charge is 1.00 e. The summed E-state index contributed by atoms with van der Waals surface area (Å²) in [6.07, 6.45) is 0. The molecule has 0 atom stereocenters. The van der Waals surface area contributed by atoms with E-state index < -0.39 is 0 Å². The second kappa shape index (κ2) is 9.46. The maximum atomic E-state index is 8.36. The molecule has 0 spiro atoms. The Balaban J connectivity index is 0. The first-order valence-corrected chi connectivity index (χ1v) is 3.20. The molecule has 0 fully saturated rings. The zero-order valence-electron chi connectivity index (χ0n) is 5.37. The van der Waals surface area contributed by atoms with Crippen molar-refractivity contribution in [1.82, 2.24) is 0 Å². The summed E-state index contributed by atoms with van der Waals surface area (Å²) < 4.78 is 0.801. The maximum absolute atomic E-state index is 8.36. The molecule has 2 nitrogen and oxygen atoms in total. The Hall–Kier alpha value is 0.460. The van der Waals surface area contributed by atoms with Crippen molar-refractivity contribution in [1.29, 1.82) is 0 Å². The molecule has 0 radical (unpaired) electrons. The van der Waals surface area contributed by atoms with Crippen LogP contribution in [0.1, 0.15) is 0 Å². The van der Waals surface area contributed by atoms with Crippen LogP contribution < -0.4 is 29.6 Å². The first-order valence-electron chi connectivity index (χ1n) is 2.00. The summed E-state index contributed by atoms with van der Waals surface area (Å²) in [5.74, 6) is 0. The molecule has 1 aromatic heterocycles. The van der Waals surface area contributed by atoms with Gasteiger partial charge in [0.2, 0.25) is 0 Å². The molecule has 0 aromatic carbocycles. The van der Waals surface area contributed by atoms with Crippen LogP contribution in [0, 0.1) is 5.38 Å². The van der Waals surface area contributed by atoms with E-state index in [0.717, 1.165) is 4.34 Å². The average molecular weight is 187 g/mol. The Labute approximate surface area is 90.1 Å². The van der Waals surface area contributed by atoms with Crippen LogP contribution in [0.25, 0.3) is 0 Å². The molecule has 0 saturated carbocycles. The molecule has 50 valence electrons. The van der Waals surface area contributed by atoms with Gasteiger partial charge in [-0.05, 0) is 0 Å². The van der Waals surface area contributed by atoms with Crippen LogP contribution in [0.2, 0.25) is 4.34 Å². The SMILES string of the molecule is Clc1cc[c-]s1.O=CO.[Na+]. The molecule has 1 rings (SSSR count). The molecule has 1 heterocycles. The number of carboxylic acid groups (broad SMARTS) is 1. The van der Waals surface area contributed by atoms with Crippen molar-refractivity contribution in [3.63, 3.8) is 0 Å². The van der Waals surface area contributed by atoms with Gasteiger partial charge in [-0.15, -0.1) is 5.38 Å². The van der Waals surface area contributed by atoms with Gasteiger partial charge >= 0.3 is 29.6 Å².